The highest BCUT2D eigenvalue weighted by Gasteiger charge is 2.09. The third-order valence-corrected chi connectivity index (χ3v) is 4.21. The Balaban J connectivity index is 1.56. The van der Waals surface area contributed by atoms with Gasteiger partial charge >= 0.3 is 11.9 Å². The number of esters is 2. The van der Waals surface area contributed by atoms with E-state index in [1.165, 1.54) is 18.2 Å². The van der Waals surface area contributed by atoms with Gasteiger partial charge in [0.2, 0.25) is 0 Å². The molecular formula is C19H16Cl4O6. The number of carbonyl (C=O) groups is 2. The Morgan fingerprint density at radius 1 is 0.724 bits per heavy atom. The maximum atomic E-state index is 11.6. The highest BCUT2D eigenvalue weighted by atomic mass is 35.5. The second kappa shape index (κ2) is 12.0. The van der Waals surface area contributed by atoms with E-state index < -0.39 is 11.9 Å². The topological polar surface area (TPSA) is 71.1 Å². The van der Waals surface area contributed by atoms with Gasteiger partial charge in [-0.05, 0) is 36.4 Å². The van der Waals surface area contributed by atoms with Gasteiger partial charge in [0.15, 0.2) is 13.2 Å². The number of benzene rings is 2. The fourth-order valence-electron chi connectivity index (χ4n) is 2.00. The molecular weight excluding hydrogens is 466 g/mol. The van der Waals surface area contributed by atoms with E-state index in [4.69, 9.17) is 65.4 Å². The average Bonchev–Trinajstić information content (AvgIpc) is 2.64. The molecule has 0 aromatic heterocycles. The van der Waals surface area contributed by atoms with Crippen molar-refractivity contribution in [1.82, 2.24) is 0 Å². The van der Waals surface area contributed by atoms with Gasteiger partial charge in [0.05, 0.1) is 18.2 Å². The lowest BCUT2D eigenvalue weighted by Crippen LogP contribution is -2.18. The summed E-state index contributed by atoms with van der Waals surface area (Å²) in [5.41, 5.74) is 0. The van der Waals surface area contributed by atoms with Crippen molar-refractivity contribution in [1.29, 1.82) is 0 Å². The number of hydrogen-bond donors (Lipinski definition) is 0. The van der Waals surface area contributed by atoms with E-state index in [2.05, 4.69) is 0 Å². The van der Waals surface area contributed by atoms with Crippen molar-refractivity contribution in [3.63, 3.8) is 0 Å². The van der Waals surface area contributed by atoms with Crippen LogP contribution in [-0.2, 0) is 19.1 Å². The second-order valence-electron chi connectivity index (χ2n) is 5.55. The van der Waals surface area contributed by atoms with Gasteiger partial charge in [-0.15, -0.1) is 0 Å². The maximum Gasteiger partial charge on any atom is 0.344 e. The molecule has 0 aliphatic heterocycles. The van der Waals surface area contributed by atoms with E-state index in [9.17, 15) is 9.59 Å². The zero-order valence-corrected chi connectivity index (χ0v) is 18.0. The SMILES string of the molecule is O=C(COc1cc(Cl)cc(Cl)c1)OCCCOC(=O)COc1ccc(Cl)cc1Cl. The van der Waals surface area contributed by atoms with E-state index in [1.54, 1.807) is 18.2 Å². The largest absolute Gasteiger partial charge is 0.482 e. The van der Waals surface area contributed by atoms with Crippen molar-refractivity contribution >= 4 is 58.3 Å². The summed E-state index contributed by atoms with van der Waals surface area (Å²) >= 11 is 23.4. The fraction of sp³-hybridized carbons (Fsp3) is 0.263. The van der Waals surface area contributed by atoms with E-state index in [0.29, 0.717) is 38.0 Å². The molecule has 2 aromatic carbocycles. The monoisotopic (exact) mass is 480 g/mol. The summed E-state index contributed by atoms with van der Waals surface area (Å²) in [6.07, 6.45) is 0.322. The van der Waals surface area contributed by atoms with Gasteiger partial charge in [-0.25, -0.2) is 9.59 Å². The molecule has 0 aliphatic carbocycles. The smallest absolute Gasteiger partial charge is 0.344 e. The molecule has 0 N–H and O–H groups in total. The molecule has 0 aliphatic rings. The fourth-order valence-corrected chi connectivity index (χ4v) is 2.97. The first-order valence-electron chi connectivity index (χ1n) is 8.31. The summed E-state index contributed by atoms with van der Waals surface area (Å²) in [7, 11) is 0. The quantitative estimate of drug-likeness (QED) is 0.341. The summed E-state index contributed by atoms with van der Waals surface area (Å²) in [5.74, 6) is -0.478. The maximum absolute atomic E-state index is 11.6. The molecule has 0 unspecified atom stereocenters. The van der Waals surface area contributed by atoms with Crippen molar-refractivity contribution in [2.45, 2.75) is 6.42 Å². The normalized spacial score (nSPS) is 10.3. The minimum Gasteiger partial charge on any atom is -0.482 e. The van der Waals surface area contributed by atoms with Crippen LogP contribution in [0.25, 0.3) is 0 Å². The Hall–Kier alpha value is -1.86. The third kappa shape index (κ3) is 9.00. The zero-order chi connectivity index (χ0) is 21.2. The van der Waals surface area contributed by atoms with Gasteiger partial charge in [-0.1, -0.05) is 46.4 Å². The molecule has 2 rings (SSSR count). The standard InChI is InChI=1S/C19H16Cl4O6/c20-12-2-3-17(16(23)9-12)29-11-19(25)27-5-1-4-26-18(24)10-28-15-7-13(21)6-14(22)8-15/h2-3,6-9H,1,4-5,10-11H2. The number of ether oxygens (including phenoxy) is 4. The second-order valence-corrected chi connectivity index (χ2v) is 7.27. The Morgan fingerprint density at radius 3 is 1.90 bits per heavy atom. The Morgan fingerprint density at radius 2 is 1.31 bits per heavy atom. The minimum atomic E-state index is -0.580. The first kappa shape index (κ1) is 23.4. The molecule has 0 atom stereocenters. The predicted octanol–water partition coefficient (Wildman–Crippen LogP) is 5.23. The van der Waals surface area contributed by atoms with Gasteiger partial charge in [0.25, 0.3) is 0 Å². The Bertz CT molecular complexity index is 838. The Labute approximate surface area is 187 Å². The summed E-state index contributed by atoms with van der Waals surface area (Å²) in [5, 5.41) is 1.54. The molecule has 10 heteroatoms. The van der Waals surface area contributed by atoms with Gasteiger partial charge in [0, 0.05) is 21.5 Å². The van der Waals surface area contributed by atoms with Crippen molar-refractivity contribution in [3.05, 3.63) is 56.5 Å². The van der Waals surface area contributed by atoms with Crippen LogP contribution >= 0.6 is 46.4 Å². The molecule has 0 amide bonds. The van der Waals surface area contributed by atoms with E-state index in [-0.39, 0.29) is 26.4 Å². The number of carbonyl (C=O) groups excluding carboxylic acids is 2. The lowest BCUT2D eigenvalue weighted by atomic mass is 10.3. The minimum absolute atomic E-state index is 0.0641. The number of hydrogen-bond acceptors (Lipinski definition) is 6. The molecule has 0 bridgehead atoms. The zero-order valence-electron chi connectivity index (χ0n) is 15.0. The van der Waals surface area contributed by atoms with Crippen LogP contribution in [0.1, 0.15) is 6.42 Å². The molecule has 29 heavy (non-hydrogen) atoms. The number of rotatable bonds is 10. The van der Waals surface area contributed by atoms with E-state index >= 15 is 0 Å². The van der Waals surface area contributed by atoms with Gasteiger partial charge in [-0.2, -0.15) is 0 Å². The highest BCUT2D eigenvalue weighted by molar-refractivity contribution is 6.35. The molecule has 6 nitrogen and oxygen atoms in total. The van der Waals surface area contributed by atoms with Crippen LogP contribution in [-0.4, -0.2) is 38.4 Å². The lowest BCUT2D eigenvalue weighted by molar-refractivity contribution is -0.148. The molecule has 2 aromatic rings. The van der Waals surface area contributed by atoms with Crippen LogP contribution in [0.2, 0.25) is 20.1 Å². The predicted molar refractivity (Wildman–Crippen MR) is 110 cm³/mol. The molecule has 0 radical (unpaired) electrons. The molecule has 156 valence electrons. The molecule has 0 saturated heterocycles. The number of halogens is 4. The molecule has 0 saturated carbocycles. The van der Waals surface area contributed by atoms with Crippen molar-refractivity contribution in [2.75, 3.05) is 26.4 Å². The lowest BCUT2D eigenvalue weighted by Gasteiger charge is -2.09. The third-order valence-electron chi connectivity index (χ3n) is 3.25. The first-order valence-corrected chi connectivity index (χ1v) is 9.82. The van der Waals surface area contributed by atoms with Gasteiger partial charge in [0.1, 0.15) is 11.5 Å². The van der Waals surface area contributed by atoms with Crippen LogP contribution in [0.5, 0.6) is 11.5 Å². The summed E-state index contributed by atoms with van der Waals surface area (Å²) in [4.78, 5) is 23.3. The average molecular weight is 482 g/mol. The van der Waals surface area contributed by atoms with Gasteiger partial charge in [-0.3, -0.25) is 0 Å². The van der Waals surface area contributed by atoms with Crippen molar-refractivity contribution < 1.29 is 28.5 Å². The molecule has 0 heterocycles. The van der Waals surface area contributed by atoms with E-state index in [0.717, 1.165) is 0 Å². The summed E-state index contributed by atoms with van der Waals surface area (Å²) in [6.45, 7) is -0.479. The van der Waals surface area contributed by atoms with Crippen molar-refractivity contribution in [2.24, 2.45) is 0 Å². The first-order chi connectivity index (χ1) is 13.8. The van der Waals surface area contributed by atoms with Crippen molar-refractivity contribution in [3.8, 4) is 11.5 Å². The molecule has 0 fully saturated rings. The van der Waals surface area contributed by atoms with E-state index in [1.807, 2.05) is 0 Å². The summed E-state index contributed by atoms with van der Waals surface area (Å²) < 4.78 is 20.5. The van der Waals surface area contributed by atoms with Gasteiger partial charge < -0.3 is 18.9 Å². The molecule has 0 spiro atoms. The van der Waals surface area contributed by atoms with Crippen LogP contribution in [0, 0.1) is 0 Å². The summed E-state index contributed by atoms with van der Waals surface area (Å²) in [6, 6.07) is 9.25. The van der Waals surface area contributed by atoms with Crippen LogP contribution in [0.4, 0.5) is 0 Å². The van der Waals surface area contributed by atoms with Crippen LogP contribution in [0.3, 0.4) is 0 Å². The highest BCUT2D eigenvalue weighted by Crippen LogP contribution is 2.27. The van der Waals surface area contributed by atoms with Crippen LogP contribution < -0.4 is 9.47 Å². The Kier molecular flexibility index (Phi) is 9.67. The van der Waals surface area contributed by atoms with Crippen LogP contribution in [0.15, 0.2) is 36.4 Å².